The van der Waals surface area contributed by atoms with Crippen LogP contribution in [0.4, 0.5) is 13.2 Å². The van der Waals surface area contributed by atoms with Crippen LogP contribution in [0, 0.1) is 5.41 Å². The molecule has 0 atom stereocenters. The van der Waals surface area contributed by atoms with Crippen molar-refractivity contribution < 1.29 is 13.2 Å². The third-order valence-corrected chi connectivity index (χ3v) is 8.39. The van der Waals surface area contributed by atoms with Crippen molar-refractivity contribution in [1.82, 2.24) is 24.1 Å². The van der Waals surface area contributed by atoms with E-state index in [9.17, 15) is 18.0 Å². The van der Waals surface area contributed by atoms with Gasteiger partial charge in [0.1, 0.15) is 11.5 Å². The maximum atomic E-state index is 13.5. The summed E-state index contributed by atoms with van der Waals surface area (Å²) in [7, 11) is 0. The standard InChI is InChI=1S/C24H28F3N5OS/c1-15(2)31-13-17(24(25,26)27)29-20(31)23-9-6-22(7-10-23,8-11-23)14-32-18(33)5-4-16-12-28-21(34-3)30-19(16)32/h4-5,12-13,15H,6-11,14H2,1-3H3. The van der Waals surface area contributed by atoms with E-state index in [2.05, 4.69) is 15.0 Å². The normalized spacial score (nSPS) is 24.9. The van der Waals surface area contributed by atoms with E-state index in [0.29, 0.717) is 23.2 Å². The third kappa shape index (κ3) is 3.83. The Balaban J connectivity index is 1.46. The number of fused-ring (bicyclic) bond motifs is 4. The van der Waals surface area contributed by atoms with Crippen LogP contribution in [-0.4, -0.2) is 30.3 Å². The van der Waals surface area contributed by atoms with Gasteiger partial charge in [0.05, 0.1) is 0 Å². The van der Waals surface area contributed by atoms with Gasteiger partial charge in [-0.2, -0.15) is 13.2 Å². The van der Waals surface area contributed by atoms with Crippen molar-refractivity contribution >= 4 is 22.8 Å². The number of imidazole rings is 1. The average molecular weight is 492 g/mol. The van der Waals surface area contributed by atoms with Gasteiger partial charge in [0.2, 0.25) is 0 Å². The summed E-state index contributed by atoms with van der Waals surface area (Å²) in [5.74, 6) is 0.572. The average Bonchev–Trinajstić information content (AvgIpc) is 3.29. The second-order valence-corrected chi connectivity index (χ2v) is 10.9. The number of aromatic nitrogens is 5. The van der Waals surface area contributed by atoms with Crippen LogP contribution in [0.2, 0.25) is 0 Å². The van der Waals surface area contributed by atoms with E-state index in [1.165, 1.54) is 18.0 Å². The van der Waals surface area contributed by atoms with Crippen molar-refractivity contribution in [2.24, 2.45) is 5.41 Å². The van der Waals surface area contributed by atoms with E-state index in [-0.39, 0.29) is 22.4 Å². The van der Waals surface area contributed by atoms with Gasteiger partial charge in [-0.1, -0.05) is 11.8 Å². The van der Waals surface area contributed by atoms with Crippen molar-refractivity contribution in [3.63, 3.8) is 0 Å². The molecule has 6 rings (SSSR count). The molecule has 3 aliphatic carbocycles. The molecule has 3 heterocycles. The fraction of sp³-hybridized carbons (Fsp3) is 0.583. The Kier molecular flexibility index (Phi) is 5.57. The Bertz CT molecular complexity index is 1270. The lowest BCUT2D eigenvalue weighted by Crippen LogP contribution is -2.48. The van der Waals surface area contributed by atoms with Gasteiger partial charge in [0.15, 0.2) is 10.9 Å². The molecular weight excluding hydrogens is 463 g/mol. The molecule has 2 bridgehead atoms. The first-order valence-corrected chi connectivity index (χ1v) is 12.9. The van der Waals surface area contributed by atoms with Gasteiger partial charge in [-0.25, -0.2) is 15.0 Å². The number of hydrogen-bond acceptors (Lipinski definition) is 5. The lowest BCUT2D eigenvalue weighted by molar-refractivity contribution is -0.141. The molecule has 0 spiro atoms. The second kappa shape index (κ2) is 8.10. The first-order chi connectivity index (χ1) is 16.1. The van der Waals surface area contributed by atoms with E-state index in [1.807, 2.05) is 20.1 Å². The van der Waals surface area contributed by atoms with E-state index in [1.54, 1.807) is 27.5 Å². The van der Waals surface area contributed by atoms with Crippen LogP contribution in [0.5, 0.6) is 0 Å². The highest BCUT2D eigenvalue weighted by molar-refractivity contribution is 7.98. The molecule has 10 heteroatoms. The Morgan fingerprint density at radius 3 is 2.35 bits per heavy atom. The molecule has 3 saturated carbocycles. The molecule has 0 radical (unpaired) electrons. The maximum absolute atomic E-state index is 13.5. The number of rotatable bonds is 5. The Labute approximate surface area is 200 Å². The molecule has 0 saturated heterocycles. The maximum Gasteiger partial charge on any atom is 0.434 e. The van der Waals surface area contributed by atoms with Gasteiger partial charge in [-0.05, 0) is 70.1 Å². The molecule has 3 aliphatic rings. The zero-order chi connectivity index (χ0) is 24.3. The minimum atomic E-state index is -4.45. The minimum Gasteiger partial charge on any atom is -0.331 e. The molecule has 3 aromatic heterocycles. The van der Waals surface area contributed by atoms with E-state index in [0.717, 1.165) is 43.9 Å². The molecule has 0 aliphatic heterocycles. The van der Waals surface area contributed by atoms with E-state index in [4.69, 9.17) is 0 Å². The summed E-state index contributed by atoms with van der Waals surface area (Å²) < 4.78 is 43.8. The summed E-state index contributed by atoms with van der Waals surface area (Å²) >= 11 is 1.43. The van der Waals surface area contributed by atoms with Crippen LogP contribution in [0.3, 0.4) is 0 Å². The van der Waals surface area contributed by atoms with E-state index >= 15 is 0 Å². The number of pyridine rings is 1. The van der Waals surface area contributed by atoms with Crippen LogP contribution in [0.15, 0.2) is 34.5 Å². The summed E-state index contributed by atoms with van der Waals surface area (Å²) in [6, 6.07) is 3.23. The number of thioether (sulfide) groups is 1. The summed E-state index contributed by atoms with van der Waals surface area (Å²) in [5, 5.41) is 1.45. The molecule has 0 amide bonds. The van der Waals surface area contributed by atoms with Gasteiger partial charge in [0.25, 0.3) is 5.56 Å². The fourth-order valence-electron chi connectivity index (χ4n) is 5.79. The van der Waals surface area contributed by atoms with Gasteiger partial charge < -0.3 is 4.57 Å². The molecule has 34 heavy (non-hydrogen) atoms. The highest BCUT2D eigenvalue weighted by Gasteiger charge is 2.52. The monoisotopic (exact) mass is 491 g/mol. The van der Waals surface area contributed by atoms with Crippen molar-refractivity contribution in [1.29, 1.82) is 0 Å². The van der Waals surface area contributed by atoms with Crippen LogP contribution >= 0.6 is 11.8 Å². The third-order valence-electron chi connectivity index (χ3n) is 7.83. The molecule has 182 valence electrons. The van der Waals surface area contributed by atoms with E-state index < -0.39 is 11.9 Å². The van der Waals surface area contributed by atoms with Gasteiger partial charge in [-0.15, -0.1) is 0 Å². The van der Waals surface area contributed by atoms with Gasteiger partial charge in [-0.3, -0.25) is 9.36 Å². The number of nitrogens with zero attached hydrogens (tertiary/aromatic N) is 5. The molecule has 3 aromatic rings. The van der Waals surface area contributed by atoms with Crippen molar-refractivity contribution in [3.8, 4) is 0 Å². The summed E-state index contributed by atoms with van der Waals surface area (Å²) in [4.78, 5) is 25.9. The SMILES string of the molecule is CSc1ncc2ccc(=O)n(CC34CCC(c5nc(C(F)(F)F)cn5C(C)C)(CC3)CC4)c2n1. The topological polar surface area (TPSA) is 65.6 Å². The quantitative estimate of drug-likeness (QED) is 0.343. The summed E-state index contributed by atoms with van der Waals surface area (Å²) in [6.07, 6.45) is 5.25. The molecule has 6 nitrogen and oxygen atoms in total. The first-order valence-electron chi connectivity index (χ1n) is 11.6. The lowest BCUT2D eigenvalue weighted by atomic mass is 9.53. The second-order valence-electron chi connectivity index (χ2n) is 10.1. The molecular formula is C24H28F3N5OS. The zero-order valence-electron chi connectivity index (χ0n) is 19.5. The summed E-state index contributed by atoms with van der Waals surface area (Å²) in [6.45, 7) is 4.36. The smallest absolute Gasteiger partial charge is 0.331 e. The fourth-order valence-corrected chi connectivity index (χ4v) is 6.13. The lowest BCUT2D eigenvalue weighted by Gasteiger charge is -2.53. The van der Waals surface area contributed by atoms with Gasteiger partial charge in [0, 0.05) is 41.8 Å². The van der Waals surface area contributed by atoms with Crippen LogP contribution < -0.4 is 5.56 Å². The van der Waals surface area contributed by atoms with Crippen LogP contribution in [0.1, 0.15) is 69.9 Å². The molecule has 0 unspecified atom stereocenters. The van der Waals surface area contributed by atoms with Crippen LogP contribution in [-0.2, 0) is 18.1 Å². The summed E-state index contributed by atoms with van der Waals surface area (Å²) in [5.41, 5.74) is -0.645. The first kappa shape index (κ1) is 23.4. The highest BCUT2D eigenvalue weighted by Crippen LogP contribution is 2.58. The Morgan fingerprint density at radius 1 is 1.09 bits per heavy atom. The largest absolute Gasteiger partial charge is 0.434 e. The van der Waals surface area contributed by atoms with Crippen LogP contribution in [0.25, 0.3) is 11.0 Å². The number of hydrogen-bond donors (Lipinski definition) is 0. The predicted octanol–water partition coefficient (Wildman–Crippen LogP) is 5.60. The number of alkyl halides is 3. The zero-order valence-corrected chi connectivity index (χ0v) is 20.3. The van der Waals surface area contributed by atoms with Gasteiger partial charge >= 0.3 is 6.18 Å². The molecule has 0 aromatic carbocycles. The Morgan fingerprint density at radius 2 is 1.76 bits per heavy atom. The van der Waals surface area contributed by atoms with Crippen molar-refractivity contribution in [3.05, 3.63) is 46.4 Å². The molecule has 0 N–H and O–H groups in total. The minimum absolute atomic E-state index is 0.0631. The molecule has 3 fully saturated rings. The van der Waals surface area contributed by atoms with Crippen molar-refractivity contribution in [2.45, 2.75) is 81.7 Å². The highest BCUT2D eigenvalue weighted by atomic mass is 32.2. The Hall–Kier alpha value is -2.36. The van der Waals surface area contributed by atoms with Crippen molar-refractivity contribution in [2.75, 3.05) is 6.26 Å². The number of halogens is 3. The predicted molar refractivity (Wildman–Crippen MR) is 125 cm³/mol.